The Hall–Kier alpha value is -1.19. The Morgan fingerprint density at radius 2 is 1.60 bits per heavy atom. The molecule has 4 aliphatic rings. The van der Waals surface area contributed by atoms with Crippen molar-refractivity contribution in [3.63, 3.8) is 0 Å². The van der Waals surface area contributed by atoms with Gasteiger partial charge in [0.15, 0.2) is 5.78 Å². The summed E-state index contributed by atoms with van der Waals surface area (Å²) in [6.07, 6.45) is 15.5. The summed E-state index contributed by atoms with van der Waals surface area (Å²) in [4.78, 5) is 14.7. The summed E-state index contributed by atoms with van der Waals surface area (Å²) in [5.74, 6) is 4.96. The number of carbonyl (C=O) groups is 1. The zero-order valence-electron chi connectivity index (χ0n) is 19.9. The molecule has 0 bridgehead atoms. The zero-order valence-corrected chi connectivity index (χ0v) is 19.9. The van der Waals surface area contributed by atoms with Crippen LogP contribution < -0.4 is 0 Å². The predicted octanol–water partition coefficient (Wildman–Crippen LogP) is 6.17. The first-order valence-corrected chi connectivity index (χ1v) is 12.8. The van der Waals surface area contributed by atoms with Gasteiger partial charge < -0.3 is 0 Å². The van der Waals surface area contributed by atoms with Crippen LogP contribution in [-0.2, 0) is 11.3 Å². The number of hydrogen-bond donors (Lipinski definition) is 0. The summed E-state index contributed by atoms with van der Waals surface area (Å²) < 4.78 is 0. The van der Waals surface area contributed by atoms with Crippen LogP contribution in [0.25, 0.3) is 0 Å². The highest BCUT2D eigenvalue weighted by Crippen LogP contribution is 2.67. The minimum Gasteiger partial charge on any atom is -0.297 e. The molecule has 168 valence electrons. The Kier molecular flexibility index (Phi) is 6.16. The van der Waals surface area contributed by atoms with Crippen LogP contribution >= 0.6 is 0 Å². The second kappa shape index (κ2) is 8.39. The van der Waals surface area contributed by atoms with Gasteiger partial charge in [0.2, 0.25) is 0 Å². The molecule has 0 saturated heterocycles. The lowest BCUT2D eigenvalue weighted by Crippen LogP contribution is -2.53. The van der Waals surface area contributed by atoms with Crippen molar-refractivity contribution in [2.24, 2.45) is 46.3 Å². The summed E-state index contributed by atoms with van der Waals surface area (Å²) in [5.41, 5.74) is 0.772. The largest absolute Gasteiger partial charge is 0.297 e. The monoisotopic (exact) mass is 413 g/mol. The van der Waals surface area contributed by atoms with Crippen molar-refractivity contribution in [3.05, 3.63) is 12.4 Å². The number of ketones is 1. The van der Waals surface area contributed by atoms with Gasteiger partial charge in [-0.1, -0.05) is 41.0 Å². The lowest BCUT2D eigenvalue weighted by Gasteiger charge is -2.61. The number of rotatable bonds is 3. The highest BCUT2D eigenvalue weighted by Gasteiger charge is 2.60. The van der Waals surface area contributed by atoms with E-state index in [1.165, 1.54) is 51.4 Å². The van der Waals surface area contributed by atoms with E-state index in [4.69, 9.17) is 0 Å². The fourth-order valence-corrected chi connectivity index (χ4v) is 8.58. The molecule has 4 saturated carbocycles. The molecule has 1 aromatic heterocycles. The lowest BCUT2D eigenvalue weighted by atomic mass is 9.44. The Morgan fingerprint density at radius 1 is 0.933 bits per heavy atom. The molecule has 4 nitrogen and oxygen atoms in total. The first-order chi connectivity index (χ1) is 14.4. The summed E-state index contributed by atoms with van der Waals surface area (Å²) in [7, 11) is 0. The molecule has 1 aromatic rings. The van der Waals surface area contributed by atoms with Crippen LogP contribution in [0.4, 0.5) is 0 Å². The maximum absolute atomic E-state index is 13.2. The molecule has 0 radical (unpaired) electrons. The second-order valence-corrected chi connectivity index (χ2v) is 11.2. The van der Waals surface area contributed by atoms with E-state index in [1.807, 2.05) is 13.8 Å². The molecular weight excluding hydrogens is 370 g/mol. The summed E-state index contributed by atoms with van der Waals surface area (Å²) in [6.45, 7) is 11.9. The van der Waals surface area contributed by atoms with Crippen molar-refractivity contribution in [1.29, 1.82) is 0 Å². The molecule has 4 heteroatoms. The molecule has 4 fully saturated rings. The summed E-state index contributed by atoms with van der Waals surface area (Å²) in [5, 5.41) is 8.33. The third-order valence-corrected chi connectivity index (χ3v) is 10.1. The zero-order chi connectivity index (χ0) is 21.5. The second-order valence-electron chi connectivity index (χ2n) is 11.2. The van der Waals surface area contributed by atoms with Gasteiger partial charge in [-0.25, -0.2) is 0 Å². The number of carbonyl (C=O) groups excluding carboxylic acids is 1. The molecule has 4 aliphatic carbocycles. The van der Waals surface area contributed by atoms with Gasteiger partial charge in [0.05, 0.1) is 12.4 Å². The molecule has 0 N–H and O–H groups in total. The van der Waals surface area contributed by atoms with Crippen LogP contribution in [0, 0.1) is 46.3 Å². The number of fused-ring (bicyclic) bond motifs is 5. The molecule has 0 amide bonds. The third kappa shape index (κ3) is 3.46. The third-order valence-electron chi connectivity index (χ3n) is 10.1. The maximum atomic E-state index is 13.2. The van der Waals surface area contributed by atoms with Gasteiger partial charge >= 0.3 is 0 Å². The molecule has 8 atom stereocenters. The van der Waals surface area contributed by atoms with Gasteiger partial charge in [-0.15, -0.1) is 0 Å². The molecule has 1 heterocycles. The molecule has 0 aliphatic heterocycles. The minimum absolute atomic E-state index is 0.205. The standard InChI is InChI=1S/C24H37N3O.C2H6/c1-16-8-10-23(2)17(14-16)4-5-18-19-6-7-21(24(19,3)11-9-20(18)23)22(28)15-27-25-12-13-26-27;1-2/h12-13,16-21H,4-11,14-15H2,1-3H3;1-2H3. The lowest BCUT2D eigenvalue weighted by molar-refractivity contribution is -0.137. The maximum Gasteiger partial charge on any atom is 0.159 e. The highest BCUT2D eigenvalue weighted by atomic mass is 16.1. The van der Waals surface area contributed by atoms with Crippen LogP contribution in [0.5, 0.6) is 0 Å². The van der Waals surface area contributed by atoms with Crippen LogP contribution in [0.3, 0.4) is 0 Å². The van der Waals surface area contributed by atoms with E-state index in [2.05, 4.69) is 31.0 Å². The number of nitrogens with zero attached hydrogens (tertiary/aromatic N) is 3. The first-order valence-electron chi connectivity index (χ1n) is 12.8. The Bertz CT molecular complexity index is 731. The van der Waals surface area contributed by atoms with Gasteiger partial charge in [-0.3, -0.25) is 4.79 Å². The van der Waals surface area contributed by atoms with E-state index in [0.29, 0.717) is 17.7 Å². The van der Waals surface area contributed by atoms with E-state index in [9.17, 15) is 4.79 Å². The topological polar surface area (TPSA) is 47.8 Å². The number of Topliss-reactive ketones (excluding diaryl/α,β-unsaturated/α-hetero) is 1. The van der Waals surface area contributed by atoms with Crippen LogP contribution in [0.1, 0.15) is 92.4 Å². The molecule has 0 spiro atoms. The van der Waals surface area contributed by atoms with Crippen LogP contribution in [0.2, 0.25) is 0 Å². The Morgan fingerprint density at radius 3 is 2.33 bits per heavy atom. The predicted molar refractivity (Wildman–Crippen MR) is 121 cm³/mol. The molecule has 5 rings (SSSR count). The highest BCUT2D eigenvalue weighted by molar-refractivity contribution is 5.81. The fraction of sp³-hybridized carbons (Fsp3) is 0.885. The summed E-state index contributed by atoms with van der Waals surface area (Å²) in [6, 6.07) is 0. The average Bonchev–Trinajstić information content (AvgIpc) is 3.37. The normalized spacial score (nSPS) is 44.8. The van der Waals surface area contributed by atoms with Crippen molar-refractivity contribution in [2.75, 3.05) is 0 Å². The smallest absolute Gasteiger partial charge is 0.159 e. The molecular formula is C26H43N3O. The molecule has 8 unspecified atom stereocenters. The van der Waals surface area contributed by atoms with Crippen LogP contribution in [-0.4, -0.2) is 20.8 Å². The molecule has 0 aromatic carbocycles. The van der Waals surface area contributed by atoms with Crippen molar-refractivity contribution in [3.8, 4) is 0 Å². The Balaban J connectivity index is 0.00000106. The van der Waals surface area contributed by atoms with E-state index in [-0.39, 0.29) is 11.3 Å². The first kappa shape index (κ1) is 22.0. The minimum atomic E-state index is 0.205. The van der Waals surface area contributed by atoms with Crippen molar-refractivity contribution < 1.29 is 4.79 Å². The van der Waals surface area contributed by atoms with Crippen molar-refractivity contribution >= 4 is 5.78 Å². The van der Waals surface area contributed by atoms with E-state index in [0.717, 1.165) is 36.0 Å². The van der Waals surface area contributed by atoms with Crippen molar-refractivity contribution in [1.82, 2.24) is 15.0 Å². The van der Waals surface area contributed by atoms with Gasteiger partial charge in [0.1, 0.15) is 6.54 Å². The number of aromatic nitrogens is 3. The SMILES string of the molecule is CC.CC1CCC2(C)C(CCC3C2CCC2(C)C(C(=O)Cn4nccn4)CCC32)C1. The molecule has 30 heavy (non-hydrogen) atoms. The Labute approximate surface area is 183 Å². The summed E-state index contributed by atoms with van der Waals surface area (Å²) >= 11 is 0. The van der Waals surface area contributed by atoms with Crippen LogP contribution in [0.15, 0.2) is 12.4 Å². The van der Waals surface area contributed by atoms with Crippen molar-refractivity contribution in [2.45, 2.75) is 99.0 Å². The van der Waals surface area contributed by atoms with E-state index in [1.54, 1.807) is 17.2 Å². The van der Waals surface area contributed by atoms with Gasteiger partial charge in [0.25, 0.3) is 0 Å². The van der Waals surface area contributed by atoms with Gasteiger partial charge in [-0.2, -0.15) is 15.0 Å². The number of hydrogen-bond acceptors (Lipinski definition) is 3. The van der Waals surface area contributed by atoms with E-state index < -0.39 is 0 Å². The van der Waals surface area contributed by atoms with E-state index >= 15 is 0 Å². The van der Waals surface area contributed by atoms with Gasteiger partial charge in [-0.05, 0) is 91.8 Å². The fourth-order valence-electron chi connectivity index (χ4n) is 8.58. The quantitative estimate of drug-likeness (QED) is 0.595. The van der Waals surface area contributed by atoms with Gasteiger partial charge in [0, 0.05) is 5.92 Å². The average molecular weight is 414 g/mol.